The van der Waals surface area contributed by atoms with E-state index in [1.54, 1.807) is 42.5 Å². The van der Waals surface area contributed by atoms with E-state index in [2.05, 4.69) is 21.2 Å². The van der Waals surface area contributed by atoms with Gasteiger partial charge in [-0.1, -0.05) is 73.9 Å². The minimum Gasteiger partial charge on any atom is -0.488 e. The summed E-state index contributed by atoms with van der Waals surface area (Å²) in [6.07, 6.45) is 6.59. The van der Waals surface area contributed by atoms with Crippen LogP contribution in [0.5, 0.6) is 5.75 Å². The zero-order chi connectivity index (χ0) is 29.3. The van der Waals surface area contributed by atoms with Gasteiger partial charge >= 0.3 is 11.8 Å². The number of ether oxygens (including phenoxy) is 1. The molecule has 0 aliphatic heterocycles. The maximum absolute atomic E-state index is 13.3. The standard InChI is InChI=1S/C33H31FN4O4/c34-24-17-14-22(15-18-24)21-42-30-19-16-23-8-4-5-11-26(23)28(30)20-35-38-33(41)32(40)37-29-13-7-6-12-27(29)31(39)36-25-9-2-1-3-10-25/h4-8,11-20,25H,1-3,9-10,21H2,(H,36,39)(H,37,40)(H,38,41)/b35-20+. The molecule has 0 radical (unpaired) electrons. The predicted molar refractivity (Wildman–Crippen MR) is 160 cm³/mol. The van der Waals surface area contributed by atoms with E-state index >= 15 is 0 Å². The Kier molecular flexibility index (Phi) is 9.18. The van der Waals surface area contributed by atoms with E-state index < -0.39 is 11.8 Å². The molecule has 1 aliphatic carbocycles. The number of anilines is 1. The van der Waals surface area contributed by atoms with Crippen molar-refractivity contribution in [3.63, 3.8) is 0 Å². The van der Waals surface area contributed by atoms with Crippen LogP contribution in [0.1, 0.15) is 53.6 Å². The second-order valence-corrected chi connectivity index (χ2v) is 10.1. The number of hydrazone groups is 1. The van der Waals surface area contributed by atoms with Crippen LogP contribution >= 0.6 is 0 Å². The van der Waals surface area contributed by atoms with Crippen LogP contribution in [0.4, 0.5) is 10.1 Å². The number of halogens is 1. The van der Waals surface area contributed by atoms with Crippen LogP contribution in [-0.2, 0) is 16.2 Å². The minimum atomic E-state index is -0.997. The van der Waals surface area contributed by atoms with Gasteiger partial charge in [-0.25, -0.2) is 9.82 Å². The molecule has 1 aliphatic rings. The predicted octanol–water partition coefficient (Wildman–Crippen LogP) is 5.71. The van der Waals surface area contributed by atoms with Crippen LogP contribution in [0.2, 0.25) is 0 Å². The third-order valence-corrected chi connectivity index (χ3v) is 7.16. The molecule has 0 bridgehead atoms. The van der Waals surface area contributed by atoms with Crippen LogP contribution in [0.25, 0.3) is 10.8 Å². The molecule has 4 aromatic rings. The van der Waals surface area contributed by atoms with E-state index in [0.29, 0.717) is 11.3 Å². The molecule has 9 heteroatoms. The number of para-hydroxylation sites is 1. The number of rotatable bonds is 8. The number of amides is 3. The summed E-state index contributed by atoms with van der Waals surface area (Å²) in [4.78, 5) is 38.2. The topological polar surface area (TPSA) is 109 Å². The van der Waals surface area contributed by atoms with Crippen LogP contribution in [0.3, 0.4) is 0 Å². The molecule has 0 atom stereocenters. The summed E-state index contributed by atoms with van der Waals surface area (Å²) in [5.74, 6) is -2.08. The average Bonchev–Trinajstić information content (AvgIpc) is 3.02. The minimum absolute atomic E-state index is 0.103. The van der Waals surface area contributed by atoms with Crippen LogP contribution in [0.15, 0.2) is 90.0 Å². The molecule has 8 nitrogen and oxygen atoms in total. The number of carbonyl (C=O) groups excluding carboxylic acids is 3. The largest absolute Gasteiger partial charge is 0.488 e. The second kappa shape index (κ2) is 13.5. The number of nitrogens with zero attached hydrogens (tertiary/aromatic N) is 1. The molecule has 5 rings (SSSR count). The van der Waals surface area contributed by atoms with Gasteiger partial charge in [0.2, 0.25) is 0 Å². The first kappa shape index (κ1) is 28.5. The highest BCUT2D eigenvalue weighted by molar-refractivity contribution is 6.40. The van der Waals surface area contributed by atoms with Gasteiger partial charge in [-0.3, -0.25) is 14.4 Å². The first-order valence-corrected chi connectivity index (χ1v) is 13.9. The molecule has 4 aromatic carbocycles. The van der Waals surface area contributed by atoms with Gasteiger partial charge in [-0.15, -0.1) is 0 Å². The Morgan fingerprint density at radius 3 is 2.40 bits per heavy atom. The Morgan fingerprint density at radius 1 is 0.857 bits per heavy atom. The molecule has 42 heavy (non-hydrogen) atoms. The molecular formula is C33H31FN4O4. The van der Waals surface area contributed by atoms with E-state index in [9.17, 15) is 18.8 Å². The average molecular weight is 567 g/mol. The van der Waals surface area contributed by atoms with E-state index in [1.165, 1.54) is 24.8 Å². The summed E-state index contributed by atoms with van der Waals surface area (Å²) in [5, 5.41) is 11.3. The molecular weight excluding hydrogens is 535 g/mol. The molecule has 0 heterocycles. The smallest absolute Gasteiger partial charge is 0.329 e. The maximum Gasteiger partial charge on any atom is 0.329 e. The third-order valence-electron chi connectivity index (χ3n) is 7.16. The summed E-state index contributed by atoms with van der Waals surface area (Å²) in [7, 11) is 0. The molecule has 3 N–H and O–H groups in total. The van der Waals surface area contributed by atoms with Crippen molar-refractivity contribution in [2.45, 2.75) is 44.8 Å². The van der Waals surface area contributed by atoms with Gasteiger partial charge in [-0.05, 0) is 59.5 Å². The Labute approximate surface area is 243 Å². The van der Waals surface area contributed by atoms with Gasteiger partial charge in [0.15, 0.2) is 0 Å². The molecule has 0 saturated heterocycles. The molecule has 214 valence electrons. The highest BCUT2D eigenvalue weighted by atomic mass is 19.1. The molecule has 3 amide bonds. The van der Waals surface area contributed by atoms with E-state index in [1.807, 2.05) is 30.3 Å². The lowest BCUT2D eigenvalue weighted by Gasteiger charge is -2.23. The van der Waals surface area contributed by atoms with Crippen LogP contribution in [0, 0.1) is 5.82 Å². The number of benzene rings is 4. The Balaban J connectivity index is 1.26. The lowest BCUT2D eigenvalue weighted by molar-refractivity contribution is -0.136. The van der Waals surface area contributed by atoms with Gasteiger partial charge < -0.3 is 15.4 Å². The summed E-state index contributed by atoms with van der Waals surface area (Å²) in [6.45, 7) is 0.196. The van der Waals surface area contributed by atoms with Gasteiger partial charge in [0.1, 0.15) is 18.2 Å². The zero-order valence-corrected chi connectivity index (χ0v) is 22.9. The third kappa shape index (κ3) is 7.17. The number of hydrogen-bond donors (Lipinski definition) is 3. The lowest BCUT2D eigenvalue weighted by Crippen LogP contribution is -2.37. The molecule has 1 fully saturated rings. The highest BCUT2D eigenvalue weighted by Gasteiger charge is 2.21. The van der Waals surface area contributed by atoms with Gasteiger partial charge in [-0.2, -0.15) is 5.10 Å². The van der Waals surface area contributed by atoms with Crippen molar-refractivity contribution < 1.29 is 23.5 Å². The normalized spacial score (nSPS) is 13.5. The van der Waals surface area contributed by atoms with Crippen molar-refractivity contribution in [3.05, 3.63) is 107 Å². The van der Waals surface area contributed by atoms with Gasteiger partial charge in [0, 0.05) is 11.6 Å². The van der Waals surface area contributed by atoms with Crippen molar-refractivity contribution >= 4 is 40.4 Å². The fourth-order valence-electron chi connectivity index (χ4n) is 4.96. The van der Waals surface area contributed by atoms with E-state index in [-0.39, 0.29) is 35.6 Å². The first-order chi connectivity index (χ1) is 20.5. The van der Waals surface area contributed by atoms with Gasteiger partial charge in [0.05, 0.1) is 17.5 Å². The van der Waals surface area contributed by atoms with Crippen molar-refractivity contribution in [3.8, 4) is 5.75 Å². The quantitative estimate of drug-likeness (QED) is 0.144. The van der Waals surface area contributed by atoms with Crippen molar-refractivity contribution in [1.82, 2.24) is 10.7 Å². The Hall–Kier alpha value is -5.05. The number of hydrogen-bond acceptors (Lipinski definition) is 5. The van der Waals surface area contributed by atoms with Gasteiger partial charge in [0.25, 0.3) is 5.91 Å². The fourth-order valence-corrected chi connectivity index (χ4v) is 4.96. The van der Waals surface area contributed by atoms with Crippen LogP contribution in [-0.4, -0.2) is 30.0 Å². The van der Waals surface area contributed by atoms with Crippen molar-refractivity contribution in [1.29, 1.82) is 0 Å². The van der Waals surface area contributed by atoms with Crippen molar-refractivity contribution in [2.24, 2.45) is 5.10 Å². The summed E-state index contributed by atoms with van der Waals surface area (Å²) in [5.41, 5.74) is 4.16. The number of nitrogens with one attached hydrogen (secondary N) is 3. The monoisotopic (exact) mass is 566 g/mol. The summed E-state index contributed by atoms with van der Waals surface area (Å²) in [6, 6.07) is 24.0. The Bertz CT molecular complexity index is 1610. The molecule has 0 unspecified atom stereocenters. The summed E-state index contributed by atoms with van der Waals surface area (Å²) < 4.78 is 19.3. The first-order valence-electron chi connectivity index (χ1n) is 13.9. The number of carbonyl (C=O) groups is 3. The van der Waals surface area contributed by atoms with E-state index in [0.717, 1.165) is 42.0 Å². The summed E-state index contributed by atoms with van der Waals surface area (Å²) >= 11 is 0. The van der Waals surface area contributed by atoms with Crippen LogP contribution < -0.4 is 20.8 Å². The van der Waals surface area contributed by atoms with Crippen molar-refractivity contribution in [2.75, 3.05) is 5.32 Å². The molecule has 1 saturated carbocycles. The molecule has 0 spiro atoms. The number of fused-ring (bicyclic) bond motifs is 1. The second-order valence-electron chi connectivity index (χ2n) is 10.1. The zero-order valence-electron chi connectivity index (χ0n) is 22.9. The molecule has 0 aromatic heterocycles. The highest BCUT2D eigenvalue weighted by Crippen LogP contribution is 2.27. The maximum atomic E-state index is 13.3. The SMILES string of the molecule is O=C(N/N=C/c1c(OCc2ccc(F)cc2)ccc2ccccc12)C(=O)Nc1ccccc1C(=O)NC1CCCCC1. The fraction of sp³-hybridized carbons (Fsp3) is 0.212. The lowest BCUT2D eigenvalue weighted by atomic mass is 9.95. The van der Waals surface area contributed by atoms with E-state index in [4.69, 9.17) is 4.74 Å². The Morgan fingerprint density at radius 2 is 1.60 bits per heavy atom.